The second-order valence-corrected chi connectivity index (χ2v) is 7.44. The molecule has 0 aliphatic heterocycles. The average Bonchev–Trinajstić information content (AvgIpc) is 3.40. The number of hydrogen-bond donors (Lipinski definition) is 2. The molecule has 0 radical (unpaired) electrons. The summed E-state index contributed by atoms with van der Waals surface area (Å²) in [4.78, 5) is 12.2. The molecule has 0 amide bonds. The first-order valence-electron chi connectivity index (χ1n) is 8.74. The van der Waals surface area contributed by atoms with Gasteiger partial charge in [0.05, 0.1) is 22.5 Å². The van der Waals surface area contributed by atoms with Gasteiger partial charge in [-0.15, -0.1) is 0 Å². The van der Waals surface area contributed by atoms with Crippen LogP contribution >= 0.6 is 11.9 Å². The van der Waals surface area contributed by atoms with Crippen LogP contribution in [0.25, 0.3) is 5.69 Å². The van der Waals surface area contributed by atoms with Gasteiger partial charge in [-0.3, -0.25) is 0 Å². The third-order valence-electron chi connectivity index (χ3n) is 4.64. The summed E-state index contributed by atoms with van der Waals surface area (Å²) < 4.78 is 19.1. The third-order valence-corrected chi connectivity index (χ3v) is 5.53. The molecule has 0 atom stereocenters. The van der Waals surface area contributed by atoms with Gasteiger partial charge in [-0.2, -0.15) is 5.26 Å². The largest absolute Gasteiger partial charge is 0.478 e. The third kappa shape index (κ3) is 3.59. The standard InChI is InChI=1S/C21H16FN3O2S/c22-17-11-19(25-7-1-2-8-25)18(9-15(17)12-23)24-28-20-10-14(21(26)27)5-6-16(20)13-3-4-13/h1-2,5-11,13,24H,3-4H2,(H,26,27). The summed E-state index contributed by atoms with van der Waals surface area (Å²) in [6.45, 7) is 0. The highest BCUT2D eigenvalue weighted by Crippen LogP contribution is 2.44. The Kier molecular flexibility index (Phi) is 4.80. The summed E-state index contributed by atoms with van der Waals surface area (Å²) >= 11 is 1.28. The number of nitrogens with zero attached hydrogens (tertiary/aromatic N) is 2. The van der Waals surface area contributed by atoms with Crippen molar-refractivity contribution in [3.63, 3.8) is 0 Å². The first-order valence-corrected chi connectivity index (χ1v) is 9.55. The maximum Gasteiger partial charge on any atom is 0.335 e. The lowest BCUT2D eigenvalue weighted by Gasteiger charge is -2.15. The molecule has 0 unspecified atom stereocenters. The van der Waals surface area contributed by atoms with Crippen LogP contribution in [-0.4, -0.2) is 15.6 Å². The van der Waals surface area contributed by atoms with Crippen LogP contribution in [0.2, 0.25) is 0 Å². The second-order valence-electron chi connectivity index (χ2n) is 6.59. The van der Waals surface area contributed by atoms with Crippen molar-refractivity contribution >= 4 is 23.6 Å². The molecule has 1 aliphatic rings. The van der Waals surface area contributed by atoms with Crippen molar-refractivity contribution in [2.75, 3.05) is 4.72 Å². The van der Waals surface area contributed by atoms with Gasteiger partial charge < -0.3 is 14.4 Å². The van der Waals surface area contributed by atoms with E-state index in [2.05, 4.69) is 4.72 Å². The number of nitrogens with one attached hydrogen (secondary N) is 1. The quantitative estimate of drug-likeness (QED) is 0.564. The number of nitriles is 1. The number of halogens is 1. The zero-order valence-corrected chi connectivity index (χ0v) is 15.5. The fraction of sp³-hybridized carbons (Fsp3) is 0.143. The molecule has 1 aliphatic carbocycles. The van der Waals surface area contributed by atoms with Gasteiger partial charge in [0.1, 0.15) is 11.9 Å². The monoisotopic (exact) mass is 393 g/mol. The van der Waals surface area contributed by atoms with Crippen molar-refractivity contribution in [1.82, 2.24) is 4.57 Å². The van der Waals surface area contributed by atoms with E-state index in [1.807, 2.05) is 24.3 Å². The normalized spacial score (nSPS) is 13.1. The SMILES string of the molecule is N#Cc1cc(NSc2cc(C(=O)O)ccc2C2CC2)c(-n2cccc2)cc1F. The molecule has 1 heterocycles. The van der Waals surface area contributed by atoms with Crippen LogP contribution in [0.15, 0.2) is 59.8 Å². The van der Waals surface area contributed by atoms with Crippen LogP contribution < -0.4 is 4.72 Å². The Labute approximate surface area is 165 Å². The first-order chi connectivity index (χ1) is 13.6. The van der Waals surface area contributed by atoms with Crippen LogP contribution in [0.4, 0.5) is 10.1 Å². The lowest BCUT2D eigenvalue weighted by molar-refractivity contribution is 0.0696. The smallest absolute Gasteiger partial charge is 0.335 e. The molecule has 1 fully saturated rings. The van der Waals surface area contributed by atoms with Gasteiger partial charge in [0.2, 0.25) is 0 Å². The Morgan fingerprint density at radius 1 is 1.25 bits per heavy atom. The summed E-state index contributed by atoms with van der Waals surface area (Å²) in [6.07, 6.45) is 5.75. The minimum Gasteiger partial charge on any atom is -0.478 e. The molecule has 1 saturated carbocycles. The minimum atomic E-state index is -0.981. The van der Waals surface area contributed by atoms with Gasteiger partial charge in [0.15, 0.2) is 0 Å². The lowest BCUT2D eigenvalue weighted by Crippen LogP contribution is -2.02. The van der Waals surface area contributed by atoms with Crippen molar-refractivity contribution in [3.8, 4) is 11.8 Å². The first kappa shape index (κ1) is 18.1. The Balaban J connectivity index is 1.69. The molecule has 0 bridgehead atoms. The Morgan fingerprint density at radius 3 is 2.64 bits per heavy atom. The van der Waals surface area contributed by atoms with E-state index >= 15 is 0 Å². The van der Waals surface area contributed by atoms with Gasteiger partial charge in [-0.1, -0.05) is 6.07 Å². The molecular weight excluding hydrogens is 377 g/mol. The lowest BCUT2D eigenvalue weighted by atomic mass is 10.1. The predicted octanol–water partition coefficient (Wildman–Crippen LogP) is 5.18. The Bertz CT molecular complexity index is 1090. The number of carboxylic acids is 1. The predicted molar refractivity (Wildman–Crippen MR) is 105 cm³/mol. The summed E-state index contributed by atoms with van der Waals surface area (Å²) in [5.41, 5.74) is 2.41. The maximum atomic E-state index is 14.2. The number of rotatable bonds is 6. The highest BCUT2D eigenvalue weighted by atomic mass is 32.2. The van der Waals surface area contributed by atoms with Crippen molar-refractivity contribution in [1.29, 1.82) is 5.26 Å². The molecule has 7 heteroatoms. The minimum absolute atomic E-state index is 0.0549. The number of benzene rings is 2. The van der Waals surface area contributed by atoms with Gasteiger partial charge in [-0.05, 0) is 66.6 Å². The van der Waals surface area contributed by atoms with Crippen molar-refractivity contribution in [3.05, 3.63) is 77.4 Å². The molecule has 5 nitrogen and oxygen atoms in total. The van der Waals surface area contributed by atoms with Gasteiger partial charge >= 0.3 is 5.97 Å². The fourth-order valence-electron chi connectivity index (χ4n) is 3.04. The number of aromatic carboxylic acids is 1. The van der Waals surface area contributed by atoms with E-state index in [9.17, 15) is 19.6 Å². The molecule has 3 aromatic rings. The second kappa shape index (κ2) is 7.41. The maximum absolute atomic E-state index is 14.2. The Hall–Kier alpha value is -3.24. The summed E-state index contributed by atoms with van der Waals surface area (Å²) in [5, 5.41) is 18.5. The summed E-state index contributed by atoms with van der Waals surface area (Å²) in [6, 6.07) is 13.4. The zero-order chi connectivity index (χ0) is 19.7. The van der Waals surface area contributed by atoms with Crippen molar-refractivity contribution in [2.45, 2.75) is 23.7 Å². The van der Waals surface area contributed by atoms with E-state index in [-0.39, 0.29) is 11.1 Å². The van der Waals surface area contributed by atoms with Crippen LogP contribution in [0.1, 0.15) is 40.2 Å². The molecule has 1 aromatic heterocycles. The van der Waals surface area contributed by atoms with Crippen LogP contribution in [0.3, 0.4) is 0 Å². The number of aromatic nitrogens is 1. The van der Waals surface area contributed by atoms with Crippen LogP contribution in [0, 0.1) is 17.1 Å². The van der Waals surface area contributed by atoms with Gasteiger partial charge in [0.25, 0.3) is 0 Å². The van der Waals surface area contributed by atoms with Gasteiger partial charge in [-0.25, -0.2) is 9.18 Å². The fourth-order valence-corrected chi connectivity index (χ4v) is 3.96. The number of carboxylic acid groups (broad SMARTS) is 1. The molecule has 2 aromatic carbocycles. The molecule has 0 saturated heterocycles. The summed E-state index contributed by atoms with van der Waals surface area (Å²) in [5.74, 6) is -1.13. The summed E-state index contributed by atoms with van der Waals surface area (Å²) in [7, 11) is 0. The van der Waals surface area contributed by atoms with Crippen LogP contribution in [0.5, 0.6) is 0 Å². The van der Waals surface area contributed by atoms with Crippen LogP contribution in [-0.2, 0) is 0 Å². The average molecular weight is 393 g/mol. The van der Waals surface area contributed by atoms with E-state index < -0.39 is 11.8 Å². The molecule has 0 spiro atoms. The number of anilines is 1. The zero-order valence-electron chi connectivity index (χ0n) is 14.7. The molecule has 2 N–H and O–H groups in total. The van der Waals surface area contributed by atoms with Gasteiger partial charge in [0, 0.05) is 23.4 Å². The molecule has 4 rings (SSSR count). The topological polar surface area (TPSA) is 78.1 Å². The van der Waals surface area contributed by atoms with E-state index in [4.69, 9.17) is 0 Å². The van der Waals surface area contributed by atoms with E-state index in [0.29, 0.717) is 17.3 Å². The molecule has 28 heavy (non-hydrogen) atoms. The number of hydrogen-bond acceptors (Lipinski definition) is 4. The molecule has 140 valence electrons. The van der Waals surface area contributed by atoms with E-state index in [1.165, 1.54) is 24.1 Å². The van der Waals surface area contributed by atoms with E-state index in [1.54, 1.807) is 29.1 Å². The van der Waals surface area contributed by atoms with Crippen molar-refractivity contribution in [2.24, 2.45) is 0 Å². The Morgan fingerprint density at radius 2 is 2.00 bits per heavy atom. The highest BCUT2D eigenvalue weighted by molar-refractivity contribution is 8.00. The molecular formula is C21H16FN3O2S. The highest BCUT2D eigenvalue weighted by Gasteiger charge is 2.27. The number of carbonyl (C=O) groups is 1. The van der Waals surface area contributed by atoms with Crippen molar-refractivity contribution < 1.29 is 14.3 Å². The van der Waals surface area contributed by atoms with E-state index in [0.717, 1.165) is 23.3 Å².